The Morgan fingerprint density at radius 1 is 1.41 bits per heavy atom. The van der Waals surface area contributed by atoms with Crippen LogP contribution in [0.5, 0.6) is 0 Å². The average Bonchev–Trinajstić information content (AvgIpc) is 2.98. The maximum Gasteiger partial charge on any atom is 0.226 e. The largest absolute Gasteiger partial charge is 0.383 e. The number of hydrogen-bond acceptors (Lipinski definition) is 5. The molecule has 3 rings (SSSR count). The lowest BCUT2D eigenvalue weighted by atomic mass is 9.69. The fourth-order valence-corrected chi connectivity index (χ4v) is 4.23. The first kappa shape index (κ1) is 19.6. The molecule has 1 fully saturated rings. The highest BCUT2D eigenvalue weighted by Gasteiger charge is 2.44. The Kier molecular flexibility index (Phi) is 5.99. The van der Waals surface area contributed by atoms with E-state index in [-0.39, 0.29) is 23.7 Å². The number of fused-ring (bicyclic) bond motifs is 1. The fraction of sp³-hybridized carbons (Fsp3) is 0.650. The summed E-state index contributed by atoms with van der Waals surface area (Å²) in [4.78, 5) is 26.9. The van der Waals surface area contributed by atoms with Gasteiger partial charge < -0.3 is 19.5 Å². The summed E-state index contributed by atoms with van der Waals surface area (Å²) in [6, 6.07) is 0. The van der Waals surface area contributed by atoms with E-state index in [0.717, 1.165) is 42.6 Å². The number of likely N-dealkylation sites (tertiary alicyclic amines) is 1. The topological polar surface area (TPSA) is 84.7 Å². The summed E-state index contributed by atoms with van der Waals surface area (Å²) >= 11 is 0. The molecular weight excluding hydrogens is 346 g/mol. The van der Waals surface area contributed by atoms with E-state index in [0.29, 0.717) is 31.9 Å². The van der Waals surface area contributed by atoms with Gasteiger partial charge in [0.1, 0.15) is 5.76 Å². The second kappa shape index (κ2) is 8.25. The van der Waals surface area contributed by atoms with Crippen molar-refractivity contribution in [3.05, 3.63) is 28.8 Å². The maximum absolute atomic E-state index is 12.5. The molecule has 2 aliphatic rings. The molecule has 0 bridgehead atoms. The van der Waals surface area contributed by atoms with Crippen LogP contribution in [0.3, 0.4) is 0 Å². The third-order valence-electron chi connectivity index (χ3n) is 5.81. The Hall–Kier alpha value is -2.15. The van der Waals surface area contributed by atoms with Gasteiger partial charge in [0.05, 0.1) is 18.7 Å². The highest BCUT2D eigenvalue weighted by atomic mass is 16.5. The van der Waals surface area contributed by atoms with Crippen LogP contribution in [0.25, 0.3) is 0 Å². The third kappa shape index (κ3) is 4.08. The second-order valence-electron chi connectivity index (χ2n) is 7.56. The highest BCUT2D eigenvalue weighted by Crippen LogP contribution is 2.46. The molecule has 1 N–H and O–H groups in total. The summed E-state index contributed by atoms with van der Waals surface area (Å²) in [7, 11) is 1.64. The fourth-order valence-electron chi connectivity index (χ4n) is 4.23. The molecule has 0 spiro atoms. The summed E-state index contributed by atoms with van der Waals surface area (Å²) in [5, 5.41) is 7.02. The van der Waals surface area contributed by atoms with E-state index >= 15 is 0 Å². The lowest BCUT2D eigenvalue weighted by molar-refractivity contribution is -0.134. The van der Waals surface area contributed by atoms with E-state index in [2.05, 4.69) is 16.5 Å². The van der Waals surface area contributed by atoms with Gasteiger partial charge in [0.25, 0.3) is 0 Å². The Labute approximate surface area is 160 Å². The number of nitrogens with zero attached hydrogens (tertiary/aromatic N) is 2. The van der Waals surface area contributed by atoms with Gasteiger partial charge in [-0.3, -0.25) is 9.59 Å². The molecule has 1 aliphatic heterocycles. The predicted molar refractivity (Wildman–Crippen MR) is 99.9 cm³/mol. The minimum absolute atomic E-state index is 0.0379. The molecule has 7 heteroatoms. The summed E-state index contributed by atoms with van der Waals surface area (Å²) in [5.74, 6) is 0.801. The number of piperidine rings is 1. The summed E-state index contributed by atoms with van der Waals surface area (Å²) in [5.41, 5.74) is 2.52. The van der Waals surface area contributed by atoms with Gasteiger partial charge in [0, 0.05) is 43.3 Å². The van der Waals surface area contributed by atoms with Crippen LogP contribution >= 0.6 is 0 Å². The van der Waals surface area contributed by atoms with Crippen molar-refractivity contribution in [2.24, 2.45) is 5.41 Å². The number of allylic oxidation sites excluding steroid dienone is 1. The van der Waals surface area contributed by atoms with Crippen molar-refractivity contribution in [3.8, 4) is 0 Å². The van der Waals surface area contributed by atoms with Gasteiger partial charge in [-0.2, -0.15) is 0 Å². The van der Waals surface area contributed by atoms with Crippen LogP contribution in [-0.4, -0.2) is 48.7 Å². The summed E-state index contributed by atoms with van der Waals surface area (Å²) in [6.07, 6.45) is 6.78. The van der Waals surface area contributed by atoms with Crippen molar-refractivity contribution in [1.82, 2.24) is 15.4 Å². The van der Waals surface area contributed by atoms with Crippen molar-refractivity contribution in [3.63, 3.8) is 0 Å². The van der Waals surface area contributed by atoms with Gasteiger partial charge in [-0.05, 0) is 39.5 Å². The van der Waals surface area contributed by atoms with E-state index < -0.39 is 0 Å². The first-order valence-electron chi connectivity index (χ1n) is 9.65. The Morgan fingerprint density at radius 3 is 2.93 bits per heavy atom. The lowest BCUT2D eigenvalue weighted by Crippen LogP contribution is -2.51. The molecule has 1 aliphatic carbocycles. The van der Waals surface area contributed by atoms with Crippen LogP contribution in [0.2, 0.25) is 0 Å². The van der Waals surface area contributed by atoms with Gasteiger partial charge in [0.15, 0.2) is 0 Å². The Bertz CT molecular complexity index is 720. The molecule has 0 radical (unpaired) electrons. The van der Waals surface area contributed by atoms with Gasteiger partial charge in [-0.25, -0.2) is 0 Å². The van der Waals surface area contributed by atoms with Gasteiger partial charge >= 0.3 is 0 Å². The number of hydrogen-bond donors (Lipinski definition) is 1. The number of amides is 2. The molecule has 27 heavy (non-hydrogen) atoms. The lowest BCUT2D eigenvalue weighted by Gasteiger charge is -2.47. The van der Waals surface area contributed by atoms with Crippen molar-refractivity contribution in [1.29, 1.82) is 0 Å². The Morgan fingerprint density at radius 2 is 2.22 bits per heavy atom. The smallest absolute Gasteiger partial charge is 0.226 e. The monoisotopic (exact) mass is 375 g/mol. The van der Waals surface area contributed by atoms with Crippen molar-refractivity contribution < 1.29 is 18.8 Å². The summed E-state index contributed by atoms with van der Waals surface area (Å²) in [6.45, 7) is 5.30. The standard InChI is InChI=1S/C20H29N3O4/c1-14-16(15(2)27-22-14)12-18(24)21-13-20-8-5-4-6-17(20)23(10-11-26-3)19(25)7-9-20/h6H,4-5,7-13H2,1-3H3,(H,21,24). The first-order chi connectivity index (χ1) is 13.0. The number of carbonyl (C=O) groups is 2. The van der Waals surface area contributed by atoms with E-state index in [4.69, 9.17) is 9.26 Å². The molecule has 1 saturated heterocycles. The number of carbonyl (C=O) groups excluding carboxylic acids is 2. The molecule has 7 nitrogen and oxygen atoms in total. The number of nitrogens with one attached hydrogen (secondary N) is 1. The van der Waals surface area contributed by atoms with Crippen molar-refractivity contribution in [2.75, 3.05) is 26.8 Å². The zero-order valence-electron chi connectivity index (χ0n) is 16.5. The predicted octanol–water partition coefficient (Wildman–Crippen LogP) is 2.27. The molecule has 148 valence electrons. The molecule has 1 aromatic heterocycles. The molecule has 0 saturated carbocycles. The van der Waals surface area contributed by atoms with E-state index in [1.165, 1.54) is 0 Å². The second-order valence-corrected chi connectivity index (χ2v) is 7.56. The zero-order chi connectivity index (χ0) is 19.4. The maximum atomic E-state index is 12.5. The van der Waals surface area contributed by atoms with Crippen LogP contribution in [0.15, 0.2) is 16.3 Å². The highest BCUT2D eigenvalue weighted by molar-refractivity contribution is 5.81. The minimum Gasteiger partial charge on any atom is -0.383 e. The number of rotatable bonds is 7. The van der Waals surface area contributed by atoms with E-state index in [9.17, 15) is 9.59 Å². The molecular formula is C20H29N3O4. The van der Waals surface area contributed by atoms with Gasteiger partial charge in [-0.1, -0.05) is 11.2 Å². The van der Waals surface area contributed by atoms with Crippen molar-refractivity contribution in [2.45, 2.75) is 52.4 Å². The van der Waals surface area contributed by atoms with Crippen LogP contribution in [0, 0.1) is 19.3 Å². The SMILES string of the molecule is COCCN1C(=O)CCC2(CNC(=O)Cc3c(C)noc3C)CCCC=C12. The Balaban J connectivity index is 1.70. The molecule has 2 heterocycles. The van der Waals surface area contributed by atoms with Gasteiger partial charge in [-0.15, -0.1) is 0 Å². The number of methoxy groups -OCH3 is 1. The van der Waals surface area contributed by atoms with E-state index in [1.807, 2.05) is 18.7 Å². The molecule has 1 atom stereocenters. The molecule has 1 unspecified atom stereocenters. The quantitative estimate of drug-likeness (QED) is 0.790. The minimum atomic E-state index is -0.158. The van der Waals surface area contributed by atoms with Gasteiger partial charge in [0.2, 0.25) is 11.8 Å². The van der Waals surface area contributed by atoms with Crippen LogP contribution in [0.1, 0.15) is 49.1 Å². The normalized spacial score (nSPS) is 22.4. The summed E-state index contributed by atoms with van der Waals surface area (Å²) < 4.78 is 10.3. The number of aromatic nitrogens is 1. The number of aryl methyl sites for hydroxylation is 2. The number of ether oxygens (including phenoxy) is 1. The first-order valence-corrected chi connectivity index (χ1v) is 9.65. The molecule has 1 aromatic rings. The third-order valence-corrected chi connectivity index (χ3v) is 5.81. The zero-order valence-corrected chi connectivity index (χ0v) is 16.5. The van der Waals surface area contributed by atoms with Crippen molar-refractivity contribution >= 4 is 11.8 Å². The van der Waals surface area contributed by atoms with Crippen LogP contribution in [-0.2, 0) is 20.7 Å². The molecule has 2 amide bonds. The van der Waals surface area contributed by atoms with E-state index in [1.54, 1.807) is 7.11 Å². The van der Waals surface area contributed by atoms with Crippen LogP contribution < -0.4 is 5.32 Å². The molecule has 0 aromatic carbocycles. The van der Waals surface area contributed by atoms with Crippen LogP contribution in [0.4, 0.5) is 0 Å². The average molecular weight is 375 g/mol.